The number of amides is 1. The van der Waals surface area contributed by atoms with Crippen LogP contribution in [0.25, 0.3) is 0 Å². The van der Waals surface area contributed by atoms with E-state index in [1.165, 1.54) is 148 Å². The van der Waals surface area contributed by atoms with E-state index in [9.17, 15) is 38.2 Å². The van der Waals surface area contributed by atoms with Crippen molar-refractivity contribution in [2.24, 2.45) is 0 Å². The number of carbonyl (C=O) groups excluding carboxylic acids is 1. The van der Waals surface area contributed by atoms with Gasteiger partial charge in [0.15, 0.2) is 6.29 Å². The van der Waals surface area contributed by atoms with Gasteiger partial charge in [0.25, 0.3) is 0 Å². The minimum atomic E-state index is -5.09. The van der Waals surface area contributed by atoms with Gasteiger partial charge in [-0.2, -0.15) is 8.42 Å². The predicted molar refractivity (Wildman–Crippen MR) is 255 cm³/mol. The average molecular weight is 918 g/mol. The van der Waals surface area contributed by atoms with Gasteiger partial charge < -0.3 is 35.2 Å². The Morgan fingerprint density at radius 3 is 1.43 bits per heavy atom. The van der Waals surface area contributed by atoms with Crippen LogP contribution >= 0.6 is 0 Å². The summed E-state index contributed by atoms with van der Waals surface area (Å²) in [5.74, 6) is -0.269. The van der Waals surface area contributed by atoms with Gasteiger partial charge in [0.2, 0.25) is 5.91 Å². The molecule has 1 heterocycles. The summed E-state index contributed by atoms with van der Waals surface area (Å²) in [5.41, 5.74) is 0. The molecule has 7 unspecified atom stereocenters. The molecule has 0 aliphatic carbocycles. The summed E-state index contributed by atoms with van der Waals surface area (Å²) in [6.45, 7) is 3.40. The molecule has 1 aliphatic heterocycles. The molecule has 13 heteroatoms. The zero-order chi connectivity index (χ0) is 46.2. The third-order valence-corrected chi connectivity index (χ3v) is 12.7. The summed E-state index contributed by atoms with van der Waals surface area (Å²) in [6.07, 6.45) is 39.3. The summed E-state index contributed by atoms with van der Waals surface area (Å²) in [4.78, 5) is 13.1. The molecule has 372 valence electrons. The molecule has 12 nitrogen and oxygen atoms in total. The first-order valence-electron chi connectivity index (χ1n) is 25.7. The van der Waals surface area contributed by atoms with E-state index in [-0.39, 0.29) is 18.9 Å². The average Bonchev–Trinajstić information content (AvgIpc) is 3.25. The normalized spacial score (nSPS) is 20.5. The van der Waals surface area contributed by atoms with E-state index in [1.807, 2.05) is 6.08 Å². The lowest BCUT2D eigenvalue weighted by atomic mass is 9.99. The van der Waals surface area contributed by atoms with E-state index in [4.69, 9.17) is 9.47 Å². The molecule has 1 fully saturated rings. The quantitative estimate of drug-likeness (QED) is 0.0194. The second-order valence-corrected chi connectivity index (χ2v) is 19.2. The number of aliphatic hydroxyl groups is 4. The van der Waals surface area contributed by atoms with Gasteiger partial charge in [-0.3, -0.25) is 9.35 Å². The molecule has 7 atom stereocenters. The van der Waals surface area contributed by atoms with Crippen LogP contribution in [-0.4, -0.2) is 95.4 Å². The first kappa shape index (κ1) is 59.6. The molecular weight excluding hydrogens is 823 g/mol. The lowest BCUT2D eigenvalue weighted by molar-refractivity contribution is -0.298. The van der Waals surface area contributed by atoms with Crippen LogP contribution in [0.5, 0.6) is 0 Å². The fourth-order valence-electron chi connectivity index (χ4n) is 8.21. The Morgan fingerprint density at radius 2 is 1.02 bits per heavy atom. The van der Waals surface area contributed by atoms with Crippen molar-refractivity contribution in [1.29, 1.82) is 0 Å². The van der Waals surface area contributed by atoms with Crippen LogP contribution in [0.2, 0.25) is 0 Å². The molecule has 0 aromatic rings. The number of hydrogen-bond acceptors (Lipinski definition) is 10. The van der Waals surface area contributed by atoms with Gasteiger partial charge in [0.05, 0.1) is 25.4 Å². The smallest absolute Gasteiger partial charge is 0.394 e. The third-order valence-electron chi connectivity index (χ3n) is 12.2. The third kappa shape index (κ3) is 33.7. The maximum absolute atomic E-state index is 13.1. The van der Waals surface area contributed by atoms with Crippen LogP contribution in [0.4, 0.5) is 0 Å². The van der Waals surface area contributed by atoms with Crippen molar-refractivity contribution in [2.45, 2.75) is 275 Å². The Morgan fingerprint density at radius 1 is 0.619 bits per heavy atom. The number of ether oxygens (including phenoxy) is 2. The SMILES string of the molecule is CCCCCCCCC/C=C\CCCCCCCC(=O)NC(COC1OC(CO)C(O)C(OS(=O)(=O)O)C1O)C(O)/C=C/CCCCCCCCCCCCCCCCCCCC. The van der Waals surface area contributed by atoms with Crippen LogP contribution in [-0.2, 0) is 28.9 Å². The number of nitrogens with one attached hydrogen (secondary N) is 1. The lowest BCUT2D eigenvalue weighted by Crippen LogP contribution is -2.61. The minimum Gasteiger partial charge on any atom is -0.394 e. The Hall–Kier alpha value is -1.42. The van der Waals surface area contributed by atoms with Crippen molar-refractivity contribution in [2.75, 3.05) is 13.2 Å². The predicted octanol–water partition coefficient (Wildman–Crippen LogP) is 10.9. The Bertz CT molecular complexity index is 1220. The zero-order valence-corrected chi connectivity index (χ0v) is 40.7. The Balaban J connectivity index is 2.47. The molecule has 0 bridgehead atoms. The van der Waals surface area contributed by atoms with Crippen molar-refractivity contribution in [3.8, 4) is 0 Å². The molecule has 6 N–H and O–H groups in total. The van der Waals surface area contributed by atoms with Gasteiger partial charge in [0, 0.05) is 6.42 Å². The highest BCUT2D eigenvalue weighted by atomic mass is 32.3. The standard InChI is InChI=1S/C50H95NO11S/c1-3-5-7-9-11-13-15-17-19-21-22-23-24-25-27-29-31-33-35-37-39-44(53)43(42-60-50-48(56)49(62-63(57,58)59)47(55)45(41-52)61-50)51-46(54)40-38-36-34-32-30-28-26-20-18-16-14-12-10-8-6-4-2/h20,26,37,39,43-45,47-50,52-53,55-56H,3-19,21-25,27-36,38,40-42H2,1-2H3,(H,51,54)(H,57,58,59)/b26-20-,39-37+. The molecule has 0 spiro atoms. The summed E-state index contributed by atoms with van der Waals surface area (Å²) >= 11 is 0. The zero-order valence-electron chi connectivity index (χ0n) is 39.9. The molecule has 0 aromatic carbocycles. The molecule has 0 aromatic heterocycles. The molecule has 0 radical (unpaired) electrons. The van der Waals surface area contributed by atoms with E-state index < -0.39 is 59.9 Å². The molecule has 1 amide bonds. The number of hydrogen-bond donors (Lipinski definition) is 6. The molecule has 1 aliphatic rings. The molecule has 1 rings (SSSR count). The molecular formula is C50H95NO11S. The van der Waals surface area contributed by atoms with Gasteiger partial charge in [0.1, 0.15) is 24.4 Å². The van der Waals surface area contributed by atoms with Crippen LogP contribution < -0.4 is 5.32 Å². The second-order valence-electron chi connectivity index (χ2n) is 18.1. The first-order valence-corrected chi connectivity index (χ1v) is 27.1. The van der Waals surface area contributed by atoms with Gasteiger partial charge in [-0.1, -0.05) is 205 Å². The van der Waals surface area contributed by atoms with E-state index in [0.29, 0.717) is 6.42 Å². The van der Waals surface area contributed by atoms with Gasteiger partial charge in [-0.05, 0) is 44.9 Å². The van der Waals surface area contributed by atoms with Crippen LogP contribution in [0.3, 0.4) is 0 Å². The fraction of sp³-hybridized carbons (Fsp3) is 0.900. The van der Waals surface area contributed by atoms with Crippen molar-refractivity contribution in [1.82, 2.24) is 5.32 Å². The maximum Gasteiger partial charge on any atom is 0.397 e. The maximum atomic E-state index is 13.1. The van der Waals surface area contributed by atoms with E-state index in [1.54, 1.807) is 6.08 Å². The van der Waals surface area contributed by atoms with Crippen LogP contribution in [0, 0.1) is 0 Å². The summed E-state index contributed by atoms with van der Waals surface area (Å²) < 4.78 is 47.7. The number of allylic oxidation sites excluding steroid dienone is 3. The number of unbranched alkanes of at least 4 members (excludes halogenated alkanes) is 30. The summed E-state index contributed by atoms with van der Waals surface area (Å²) in [7, 11) is -5.09. The van der Waals surface area contributed by atoms with Crippen molar-refractivity contribution in [3.05, 3.63) is 24.3 Å². The number of carbonyl (C=O) groups is 1. The lowest BCUT2D eigenvalue weighted by Gasteiger charge is -2.41. The Labute approximate surface area is 384 Å². The van der Waals surface area contributed by atoms with Crippen LogP contribution in [0.1, 0.15) is 232 Å². The van der Waals surface area contributed by atoms with E-state index >= 15 is 0 Å². The van der Waals surface area contributed by atoms with Gasteiger partial charge >= 0.3 is 10.4 Å². The number of rotatable bonds is 44. The minimum absolute atomic E-state index is 0.260. The highest BCUT2D eigenvalue weighted by Crippen LogP contribution is 2.26. The highest BCUT2D eigenvalue weighted by Gasteiger charge is 2.48. The summed E-state index contributed by atoms with van der Waals surface area (Å²) in [5, 5.41) is 44.8. The van der Waals surface area contributed by atoms with Gasteiger partial charge in [-0.15, -0.1) is 0 Å². The van der Waals surface area contributed by atoms with Crippen molar-refractivity contribution >= 4 is 16.3 Å². The monoisotopic (exact) mass is 918 g/mol. The fourth-order valence-corrected chi connectivity index (χ4v) is 8.72. The molecule has 1 saturated heterocycles. The molecule has 63 heavy (non-hydrogen) atoms. The topological polar surface area (TPSA) is 192 Å². The highest BCUT2D eigenvalue weighted by molar-refractivity contribution is 7.80. The van der Waals surface area contributed by atoms with E-state index in [2.05, 4.69) is 35.5 Å². The summed E-state index contributed by atoms with van der Waals surface area (Å²) in [6, 6.07) is -0.946. The van der Waals surface area contributed by atoms with Crippen molar-refractivity contribution < 1.29 is 51.8 Å². The first-order chi connectivity index (χ1) is 30.5. The second kappa shape index (κ2) is 40.8. The molecule has 0 saturated carbocycles. The number of aliphatic hydroxyl groups excluding tert-OH is 4. The van der Waals surface area contributed by atoms with Crippen LogP contribution in [0.15, 0.2) is 24.3 Å². The Kier molecular flexibility index (Phi) is 38.6. The largest absolute Gasteiger partial charge is 0.397 e. The van der Waals surface area contributed by atoms with Crippen molar-refractivity contribution in [3.63, 3.8) is 0 Å². The van der Waals surface area contributed by atoms with Gasteiger partial charge in [-0.25, -0.2) is 4.18 Å². The van der Waals surface area contributed by atoms with E-state index in [0.717, 1.165) is 57.8 Å².